The number of nitrogens with one attached hydrogen (secondary N) is 1. The predicted molar refractivity (Wildman–Crippen MR) is 128 cm³/mol. The van der Waals surface area contributed by atoms with Crippen LogP contribution in [0.4, 0.5) is 11.4 Å². The number of halogens is 1. The molecule has 0 spiro atoms. The molecule has 0 atom stereocenters. The quantitative estimate of drug-likeness (QED) is 0.444. The second-order valence-corrected chi connectivity index (χ2v) is 9.23. The van der Waals surface area contributed by atoms with Crippen LogP contribution < -0.4 is 14.4 Å². The monoisotopic (exact) mass is 470 g/mol. The molecule has 0 saturated heterocycles. The molecule has 32 heavy (non-hydrogen) atoms. The van der Waals surface area contributed by atoms with Crippen LogP contribution in [0.2, 0.25) is 5.02 Å². The van der Waals surface area contributed by atoms with Crippen molar-refractivity contribution in [2.75, 3.05) is 22.8 Å². The van der Waals surface area contributed by atoms with Gasteiger partial charge in [0.05, 0.1) is 10.6 Å². The lowest BCUT2D eigenvalue weighted by molar-refractivity contribution is -0.114. The highest BCUT2D eigenvalue weighted by Crippen LogP contribution is 2.29. The van der Waals surface area contributed by atoms with Crippen LogP contribution in [0, 0.1) is 6.92 Å². The SMILES string of the molecule is C=CCOc1ccc(NC(=O)CN(c2cc(Cl)ccc2C)S(=O)(=O)c2ccccc2)cc1. The largest absolute Gasteiger partial charge is 0.490 e. The van der Waals surface area contributed by atoms with E-state index in [0.717, 1.165) is 4.31 Å². The van der Waals surface area contributed by atoms with Gasteiger partial charge in [-0.25, -0.2) is 8.42 Å². The number of hydrogen-bond donors (Lipinski definition) is 1. The van der Waals surface area contributed by atoms with Gasteiger partial charge in [-0.15, -0.1) is 0 Å². The maximum atomic E-state index is 13.4. The van der Waals surface area contributed by atoms with Crippen molar-refractivity contribution in [2.45, 2.75) is 11.8 Å². The first-order valence-electron chi connectivity index (χ1n) is 9.79. The van der Waals surface area contributed by atoms with E-state index in [1.807, 2.05) is 0 Å². The fourth-order valence-electron chi connectivity index (χ4n) is 2.99. The number of rotatable bonds is 9. The van der Waals surface area contributed by atoms with E-state index in [1.165, 1.54) is 18.2 Å². The van der Waals surface area contributed by atoms with Gasteiger partial charge in [0.25, 0.3) is 10.0 Å². The second-order valence-electron chi connectivity index (χ2n) is 6.93. The van der Waals surface area contributed by atoms with E-state index >= 15 is 0 Å². The summed E-state index contributed by atoms with van der Waals surface area (Å²) in [6, 6.07) is 19.7. The number of sulfonamides is 1. The van der Waals surface area contributed by atoms with Gasteiger partial charge in [0.1, 0.15) is 18.9 Å². The van der Waals surface area contributed by atoms with E-state index in [9.17, 15) is 13.2 Å². The summed E-state index contributed by atoms with van der Waals surface area (Å²) < 4.78 is 33.3. The summed E-state index contributed by atoms with van der Waals surface area (Å²) >= 11 is 6.13. The second kappa shape index (κ2) is 10.3. The molecule has 0 bridgehead atoms. The number of nitrogens with zero attached hydrogens (tertiary/aromatic N) is 1. The first kappa shape index (κ1) is 23.4. The van der Waals surface area contributed by atoms with Gasteiger partial charge in [0.15, 0.2) is 0 Å². The Morgan fingerprint density at radius 1 is 1.09 bits per heavy atom. The molecule has 0 unspecified atom stereocenters. The van der Waals surface area contributed by atoms with Crippen LogP contribution >= 0.6 is 11.6 Å². The van der Waals surface area contributed by atoms with Crippen LogP contribution in [-0.2, 0) is 14.8 Å². The van der Waals surface area contributed by atoms with Crippen molar-refractivity contribution in [1.82, 2.24) is 0 Å². The number of anilines is 2. The average molecular weight is 471 g/mol. The van der Waals surface area contributed by atoms with Crippen molar-refractivity contribution in [1.29, 1.82) is 0 Å². The Hall–Kier alpha value is -3.29. The van der Waals surface area contributed by atoms with Crippen molar-refractivity contribution < 1.29 is 17.9 Å². The predicted octanol–water partition coefficient (Wildman–Crippen LogP) is 5.05. The van der Waals surface area contributed by atoms with Crippen LogP contribution in [0.1, 0.15) is 5.56 Å². The number of benzene rings is 3. The van der Waals surface area contributed by atoms with Gasteiger partial charge in [-0.1, -0.05) is 48.5 Å². The molecule has 6 nitrogen and oxygen atoms in total. The zero-order chi connectivity index (χ0) is 23.1. The first-order chi connectivity index (χ1) is 15.3. The van der Waals surface area contributed by atoms with Gasteiger partial charge < -0.3 is 10.1 Å². The van der Waals surface area contributed by atoms with Crippen LogP contribution in [0.15, 0.2) is 90.3 Å². The summed E-state index contributed by atoms with van der Waals surface area (Å²) in [5.74, 6) is 0.134. The smallest absolute Gasteiger partial charge is 0.264 e. The molecule has 3 rings (SSSR count). The number of hydrogen-bond acceptors (Lipinski definition) is 4. The molecule has 0 aromatic heterocycles. The maximum absolute atomic E-state index is 13.4. The molecule has 166 valence electrons. The number of amides is 1. The number of carbonyl (C=O) groups is 1. The third kappa shape index (κ3) is 5.69. The standard InChI is InChI=1S/C24H23ClN2O4S/c1-3-15-31-21-13-11-20(12-14-21)26-24(28)17-27(23-16-19(25)10-9-18(23)2)32(29,30)22-7-5-4-6-8-22/h3-14,16H,1,15,17H2,2H3,(H,26,28). The lowest BCUT2D eigenvalue weighted by atomic mass is 10.2. The summed E-state index contributed by atoms with van der Waals surface area (Å²) in [6.45, 7) is 5.31. The van der Waals surface area contributed by atoms with Crippen LogP contribution in [0.25, 0.3) is 0 Å². The minimum atomic E-state index is -4.01. The lowest BCUT2D eigenvalue weighted by Crippen LogP contribution is -2.38. The lowest BCUT2D eigenvalue weighted by Gasteiger charge is -2.26. The average Bonchev–Trinajstić information content (AvgIpc) is 2.79. The fourth-order valence-corrected chi connectivity index (χ4v) is 4.66. The van der Waals surface area contributed by atoms with E-state index in [4.69, 9.17) is 16.3 Å². The Balaban J connectivity index is 1.88. The van der Waals surface area contributed by atoms with E-state index < -0.39 is 22.5 Å². The Bertz CT molecular complexity index is 1200. The summed E-state index contributed by atoms with van der Waals surface area (Å²) in [4.78, 5) is 12.9. The van der Waals surface area contributed by atoms with Crippen molar-refractivity contribution in [3.8, 4) is 5.75 Å². The number of ether oxygens (including phenoxy) is 1. The molecule has 0 aliphatic heterocycles. The van der Waals surface area contributed by atoms with E-state index in [2.05, 4.69) is 11.9 Å². The molecule has 1 N–H and O–H groups in total. The van der Waals surface area contributed by atoms with Gasteiger partial charge in [-0.3, -0.25) is 9.10 Å². The van der Waals surface area contributed by atoms with Crippen molar-refractivity contribution in [3.63, 3.8) is 0 Å². The summed E-state index contributed by atoms with van der Waals surface area (Å²) in [6.07, 6.45) is 1.63. The van der Waals surface area contributed by atoms with Crippen LogP contribution in [-0.4, -0.2) is 27.5 Å². The topological polar surface area (TPSA) is 75.7 Å². The molecule has 1 amide bonds. The first-order valence-corrected chi connectivity index (χ1v) is 11.6. The minimum absolute atomic E-state index is 0.0795. The molecule has 0 saturated carbocycles. The molecule has 0 fully saturated rings. The highest BCUT2D eigenvalue weighted by molar-refractivity contribution is 7.92. The Labute approximate surface area is 193 Å². The summed E-state index contributed by atoms with van der Waals surface area (Å²) in [7, 11) is -4.01. The summed E-state index contributed by atoms with van der Waals surface area (Å²) in [5.41, 5.74) is 1.52. The van der Waals surface area contributed by atoms with Gasteiger partial charge in [-0.05, 0) is 61.0 Å². The molecule has 3 aromatic carbocycles. The molecular weight excluding hydrogens is 448 g/mol. The van der Waals surface area contributed by atoms with Crippen LogP contribution in [0.3, 0.4) is 0 Å². The Morgan fingerprint density at radius 2 is 1.78 bits per heavy atom. The molecule has 0 heterocycles. The van der Waals surface area contributed by atoms with Gasteiger partial charge in [0.2, 0.25) is 5.91 Å². The van der Waals surface area contributed by atoms with Gasteiger partial charge in [0, 0.05) is 10.7 Å². The molecule has 0 aliphatic carbocycles. The van der Waals surface area contributed by atoms with Crippen LogP contribution in [0.5, 0.6) is 5.75 Å². The fraction of sp³-hybridized carbons (Fsp3) is 0.125. The van der Waals surface area contributed by atoms with E-state index in [0.29, 0.717) is 34.3 Å². The summed E-state index contributed by atoms with van der Waals surface area (Å²) in [5, 5.41) is 3.10. The Morgan fingerprint density at radius 3 is 2.44 bits per heavy atom. The normalized spacial score (nSPS) is 10.9. The zero-order valence-electron chi connectivity index (χ0n) is 17.5. The number of carbonyl (C=O) groups excluding carboxylic acids is 1. The van der Waals surface area contributed by atoms with Crippen molar-refractivity contribution in [3.05, 3.63) is 96.0 Å². The zero-order valence-corrected chi connectivity index (χ0v) is 19.1. The molecule has 3 aromatic rings. The van der Waals surface area contributed by atoms with Gasteiger partial charge in [-0.2, -0.15) is 0 Å². The van der Waals surface area contributed by atoms with E-state index in [-0.39, 0.29) is 4.90 Å². The molecule has 0 radical (unpaired) electrons. The molecule has 8 heteroatoms. The number of aryl methyl sites for hydroxylation is 1. The molecular formula is C24H23ClN2O4S. The van der Waals surface area contributed by atoms with Gasteiger partial charge >= 0.3 is 0 Å². The highest BCUT2D eigenvalue weighted by Gasteiger charge is 2.28. The highest BCUT2D eigenvalue weighted by atomic mass is 35.5. The van der Waals surface area contributed by atoms with Crippen molar-refractivity contribution >= 4 is 38.9 Å². The minimum Gasteiger partial charge on any atom is -0.490 e. The van der Waals surface area contributed by atoms with E-state index in [1.54, 1.807) is 67.6 Å². The Kier molecular flexibility index (Phi) is 7.56. The van der Waals surface area contributed by atoms with Crippen molar-refractivity contribution in [2.24, 2.45) is 0 Å². The third-order valence-corrected chi connectivity index (χ3v) is 6.57. The third-order valence-electron chi connectivity index (χ3n) is 4.56. The maximum Gasteiger partial charge on any atom is 0.264 e. The molecule has 0 aliphatic rings.